The molecule has 5 heteroatoms. The summed E-state index contributed by atoms with van der Waals surface area (Å²) in [7, 11) is 3.79. The Hall–Kier alpha value is -0.490. The summed E-state index contributed by atoms with van der Waals surface area (Å²) in [6.45, 7) is 2.46. The first-order chi connectivity index (χ1) is 7.26. The quantitative estimate of drug-likeness (QED) is 0.756. The van der Waals surface area contributed by atoms with Crippen molar-refractivity contribution in [3.8, 4) is 0 Å². The molecule has 0 saturated heterocycles. The van der Waals surface area contributed by atoms with Gasteiger partial charge in [0.2, 0.25) is 0 Å². The van der Waals surface area contributed by atoms with Crippen LogP contribution >= 0.6 is 11.3 Å². The van der Waals surface area contributed by atoms with Crippen LogP contribution in [-0.4, -0.2) is 43.2 Å². The monoisotopic (exact) mass is 229 g/mol. The number of nitrogens with zero attached hydrogens (tertiary/aromatic N) is 2. The predicted molar refractivity (Wildman–Crippen MR) is 62.9 cm³/mol. The fourth-order valence-corrected chi connectivity index (χ4v) is 1.92. The second kappa shape index (κ2) is 6.90. The van der Waals surface area contributed by atoms with Gasteiger partial charge in [-0.05, 0) is 13.5 Å². The molecular formula is C10H19N3OS. The van der Waals surface area contributed by atoms with Gasteiger partial charge in [-0.25, -0.2) is 4.98 Å². The van der Waals surface area contributed by atoms with Crippen LogP contribution in [0.3, 0.4) is 0 Å². The molecule has 86 valence electrons. The Morgan fingerprint density at radius 1 is 1.67 bits per heavy atom. The smallest absolute Gasteiger partial charge is 0.0795 e. The van der Waals surface area contributed by atoms with Crippen LogP contribution in [0.4, 0.5) is 0 Å². The zero-order valence-corrected chi connectivity index (χ0v) is 10.2. The van der Waals surface area contributed by atoms with Gasteiger partial charge in [0.1, 0.15) is 0 Å². The van der Waals surface area contributed by atoms with Crippen LogP contribution in [0.25, 0.3) is 0 Å². The normalized spacial score (nSPS) is 13.3. The Bertz CT molecular complexity index is 249. The molecule has 0 saturated carbocycles. The fourth-order valence-electron chi connectivity index (χ4n) is 1.37. The van der Waals surface area contributed by atoms with Crippen LogP contribution in [-0.2, 0) is 11.3 Å². The highest BCUT2D eigenvalue weighted by Gasteiger charge is 2.07. The molecule has 1 atom stereocenters. The zero-order valence-electron chi connectivity index (χ0n) is 9.35. The third-order valence-electron chi connectivity index (χ3n) is 2.34. The van der Waals surface area contributed by atoms with E-state index in [1.807, 2.05) is 5.51 Å². The molecule has 0 aromatic carbocycles. The summed E-state index contributed by atoms with van der Waals surface area (Å²) in [5, 5.41) is 2.08. The lowest BCUT2D eigenvalue weighted by Gasteiger charge is -2.19. The van der Waals surface area contributed by atoms with Gasteiger partial charge >= 0.3 is 0 Å². The standard InChI is InChI=1S/C10H19N3OS/c1-13(4-3-10(5-11)14-2)6-9-7-15-8-12-9/h7-8,10H,3-6,11H2,1-2H3. The van der Waals surface area contributed by atoms with Crippen molar-refractivity contribution < 1.29 is 4.74 Å². The Kier molecular flexibility index (Phi) is 5.78. The number of thiazole rings is 1. The van der Waals surface area contributed by atoms with Crippen LogP contribution < -0.4 is 5.73 Å². The van der Waals surface area contributed by atoms with Gasteiger partial charge < -0.3 is 15.4 Å². The van der Waals surface area contributed by atoms with Crippen molar-refractivity contribution in [2.45, 2.75) is 19.1 Å². The molecule has 2 N–H and O–H groups in total. The third-order valence-corrected chi connectivity index (χ3v) is 2.98. The lowest BCUT2D eigenvalue weighted by Crippen LogP contribution is -2.28. The molecule has 0 radical (unpaired) electrons. The molecule has 0 aliphatic heterocycles. The molecule has 0 aliphatic carbocycles. The first-order valence-corrected chi connectivity index (χ1v) is 5.99. The highest BCUT2D eigenvalue weighted by Crippen LogP contribution is 2.05. The van der Waals surface area contributed by atoms with E-state index in [2.05, 4.69) is 22.3 Å². The molecule has 0 spiro atoms. The maximum absolute atomic E-state index is 5.55. The molecule has 4 nitrogen and oxygen atoms in total. The summed E-state index contributed by atoms with van der Waals surface area (Å²) in [6.07, 6.45) is 1.14. The SMILES string of the molecule is COC(CN)CCN(C)Cc1cscn1. The molecule has 1 rings (SSSR count). The molecule has 0 fully saturated rings. The highest BCUT2D eigenvalue weighted by atomic mass is 32.1. The number of rotatable bonds is 7. The van der Waals surface area contributed by atoms with Crippen molar-refractivity contribution in [3.63, 3.8) is 0 Å². The molecule has 1 heterocycles. The molecule has 0 bridgehead atoms. The van der Waals surface area contributed by atoms with Gasteiger partial charge in [-0.1, -0.05) is 0 Å². The fraction of sp³-hybridized carbons (Fsp3) is 0.700. The Morgan fingerprint density at radius 2 is 2.47 bits per heavy atom. The van der Waals surface area contributed by atoms with Gasteiger partial charge in [-0.2, -0.15) is 0 Å². The van der Waals surface area contributed by atoms with Crippen LogP contribution in [0.1, 0.15) is 12.1 Å². The Labute approximate surface area is 95.1 Å². The number of nitrogens with two attached hydrogens (primary N) is 1. The van der Waals surface area contributed by atoms with Crippen LogP contribution in [0, 0.1) is 0 Å². The maximum atomic E-state index is 5.55. The second-order valence-corrected chi connectivity index (χ2v) is 4.32. The second-order valence-electron chi connectivity index (χ2n) is 3.60. The van der Waals surface area contributed by atoms with Crippen molar-refractivity contribution in [1.29, 1.82) is 0 Å². The van der Waals surface area contributed by atoms with E-state index in [1.54, 1.807) is 18.4 Å². The minimum absolute atomic E-state index is 0.169. The van der Waals surface area contributed by atoms with Crippen molar-refractivity contribution in [1.82, 2.24) is 9.88 Å². The number of ether oxygens (including phenoxy) is 1. The van der Waals surface area contributed by atoms with E-state index < -0.39 is 0 Å². The minimum Gasteiger partial charge on any atom is -0.380 e. The number of hydrogen-bond acceptors (Lipinski definition) is 5. The van der Waals surface area contributed by atoms with Gasteiger partial charge in [-0.3, -0.25) is 0 Å². The van der Waals surface area contributed by atoms with E-state index in [0.717, 1.165) is 25.2 Å². The Morgan fingerprint density at radius 3 is 3.00 bits per heavy atom. The van der Waals surface area contributed by atoms with Gasteiger partial charge in [0.05, 0.1) is 17.3 Å². The van der Waals surface area contributed by atoms with Gasteiger partial charge in [0.15, 0.2) is 0 Å². The topological polar surface area (TPSA) is 51.4 Å². The van der Waals surface area contributed by atoms with Crippen molar-refractivity contribution in [2.75, 3.05) is 27.2 Å². The summed E-state index contributed by atoms with van der Waals surface area (Å²) >= 11 is 1.63. The summed E-state index contributed by atoms with van der Waals surface area (Å²) in [5.41, 5.74) is 8.54. The average Bonchev–Trinajstić information content (AvgIpc) is 2.72. The largest absolute Gasteiger partial charge is 0.380 e. The summed E-state index contributed by atoms with van der Waals surface area (Å²) in [4.78, 5) is 6.48. The summed E-state index contributed by atoms with van der Waals surface area (Å²) in [6, 6.07) is 0. The van der Waals surface area contributed by atoms with E-state index in [-0.39, 0.29) is 6.10 Å². The van der Waals surface area contributed by atoms with E-state index in [9.17, 15) is 0 Å². The Balaban J connectivity index is 2.21. The lowest BCUT2D eigenvalue weighted by atomic mass is 10.2. The molecule has 0 amide bonds. The number of aromatic nitrogens is 1. The first-order valence-electron chi connectivity index (χ1n) is 5.04. The van der Waals surface area contributed by atoms with Crippen LogP contribution in [0.2, 0.25) is 0 Å². The summed E-state index contributed by atoms with van der Waals surface area (Å²) < 4.78 is 5.22. The third kappa shape index (κ3) is 4.70. The molecule has 0 aliphatic rings. The predicted octanol–water partition coefficient (Wildman–Crippen LogP) is 0.939. The molecule has 1 aromatic rings. The van der Waals surface area contributed by atoms with Crippen LogP contribution in [0.15, 0.2) is 10.9 Å². The van der Waals surface area contributed by atoms with Crippen molar-refractivity contribution in [2.24, 2.45) is 5.73 Å². The zero-order chi connectivity index (χ0) is 11.1. The molecular weight excluding hydrogens is 210 g/mol. The maximum Gasteiger partial charge on any atom is 0.0795 e. The van der Waals surface area contributed by atoms with Crippen molar-refractivity contribution in [3.05, 3.63) is 16.6 Å². The summed E-state index contributed by atoms with van der Waals surface area (Å²) in [5.74, 6) is 0. The van der Waals surface area contributed by atoms with E-state index in [1.165, 1.54) is 0 Å². The lowest BCUT2D eigenvalue weighted by molar-refractivity contribution is 0.0918. The van der Waals surface area contributed by atoms with Gasteiger partial charge in [-0.15, -0.1) is 11.3 Å². The molecule has 15 heavy (non-hydrogen) atoms. The number of methoxy groups -OCH3 is 1. The first kappa shape index (κ1) is 12.6. The van der Waals surface area contributed by atoms with Crippen LogP contribution in [0.5, 0.6) is 0 Å². The van der Waals surface area contributed by atoms with E-state index in [0.29, 0.717) is 6.54 Å². The molecule has 1 aromatic heterocycles. The number of hydrogen-bond donors (Lipinski definition) is 1. The minimum atomic E-state index is 0.169. The highest BCUT2D eigenvalue weighted by molar-refractivity contribution is 7.07. The molecule has 1 unspecified atom stereocenters. The van der Waals surface area contributed by atoms with Gasteiger partial charge in [0.25, 0.3) is 0 Å². The van der Waals surface area contributed by atoms with E-state index >= 15 is 0 Å². The van der Waals surface area contributed by atoms with Gasteiger partial charge in [0, 0.05) is 32.1 Å². The van der Waals surface area contributed by atoms with E-state index in [4.69, 9.17) is 10.5 Å². The van der Waals surface area contributed by atoms with Crippen molar-refractivity contribution >= 4 is 11.3 Å². The average molecular weight is 229 g/mol.